The summed E-state index contributed by atoms with van der Waals surface area (Å²) in [5.74, 6) is 0. The van der Waals surface area contributed by atoms with Crippen molar-refractivity contribution in [2.45, 2.75) is 37.6 Å². The van der Waals surface area contributed by atoms with Crippen LogP contribution in [0.5, 0.6) is 0 Å². The minimum atomic E-state index is -2.53. The molecule has 0 saturated heterocycles. The second-order valence-electron chi connectivity index (χ2n) is 5.40. The summed E-state index contributed by atoms with van der Waals surface area (Å²) in [6.07, 6.45) is 0. The molecule has 0 bridgehead atoms. The zero-order valence-corrected chi connectivity index (χ0v) is 14.6. The van der Waals surface area contributed by atoms with Gasteiger partial charge in [0.1, 0.15) is 0 Å². The third-order valence-electron chi connectivity index (χ3n) is 3.64. The van der Waals surface area contributed by atoms with E-state index in [-0.39, 0.29) is 0 Å². The Hall–Kier alpha value is -0.641. The van der Waals surface area contributed by atoms with Gasteiger partial charge in [-0.3, -0.25) is 0 Å². The van der Waals surface area contributed by atoms with E-state index in [4.69, 9.17) is 0 Å². The van der Waals surface area contributed by atoms with Crippen molar-refractivity contribution in [3.05, 3.63) is 47.0 Å². The average Bonchev–Trinajstić information content (AvgIpc) is 2.71. The number of nitrogens with zero attached hydrogens (tertiary/aromatic N) is 2. The fourth-order valence-electron chi connectivity index (χ4n) is 3.16. The van der Waals surface area contributed by atoms with Gasteiger partial charge in [-0.25, -0.2) is 0 Å². The first-order valence-electron chi connectivity index (χ1n) is 6.16. The van der Waals surface area contributed by atoms with Crippen LogP contribution in [0.1, 0.15) is 22.8 Å². The molecule has 2 rings (SSSR count). The van der Waals surface area contributed by atoms with E-state index in [0.29, 0.717) is 0 Å². The standard InChI is InChI=1S/2C6H8N.2CH3.Sn/c2*1-5-3-4-6(2)7-5;;;/h2*3-4H,1-2H3;2*1H3;/q2*-1;;;+2. The summed E-state index contributed by atoms with van der Waals surface area (Å²) >= 11 is -2.53. The van der Waals surface area contributed by atoms with Crippen LogP contribution in [0, 0.1) is 27.7 Å². The SMILES string of the molecule is Cc1ccc(C)[n]1[Sn]([CH3])([CH3])[n]1c(C)ccc1C. The van der Waals surface area contributed by atoms with E-state index >= 15 is 0 Å². The third-order valence-corrected chi connectivity index (χ3v) is 13.9. The van der Waals surface area contributed by atoms with E-state index in [0.717, 1.165) is 0 Å². The first-order chi connectivity index (χ1) is 7.85. The number of aromatic nitrogens is 2. The summed E-state index contributed by atoms with van der Waals surface area (Å²) in [6, 6.07) is 8.95. The fourth-order valence-corrected chi connectivity index (χ4v) is 14.4. The van der Waals surface area contributed by atoms with Gasteiger partial charge in [0.25, 0.3) is 0 Å². The van der Waals surface area contributed by atoms with Gasteiger partial charge >= 0.3 is 109 Å². The molecule has 0 atom stereocenters. The van der Waals surface area contributed by atoms with Crippen LogP contribution in [-0.4, -0.2) is 24.5 Å². The predicted octanol–water partition coefficient (Wildman–Crippen LogP) is 3.62. The van der Waals surface area contributed by atoms with Crippen LogP contribution in [0.25, 0.3) is 0 Å². The van der Waals surface area contributed by atoms with Gasteiger partial charge in [0.05, 0.1) is 0 Å². The van der Waals surface area contributed by atoms with Crippen molar-refractivity contribution < 1.29 is 0 Å². The molecule has 2 nitrogen and oxygen atoms in total. The van der Waals surface area contributed by atoms with Crippen molar-refractivity contribution in [2.75, 3.05) is 0 Å². The normalized spacial score (nSPS) is 12.1. The van der Waals surface area contributed by atoms with Crippen LogP contribution in [0.15, 0.2) is 24.3 Å². The van der Waals surface area contributed by atoms with Gasteiger partial charge < -0.3 is 0 Å². The van der Waals surface area contributed by atoms with Crippen molar-refractivity contribution in [2.24, 2.45) is 0 Å². The van der Waals surface area contributed by atoms with Gasteiger partial charge in [-0.15, -0.1) is 0 Å². The molecule has 0 fully saturated rings. The zero-order chi connectivity index (χ0) is 12.8. The Bertz CT molecular complexity index is 459. The topological polar surface area (TPSA) is 9.86 Å². The predicted molar refractivity (Wildman–Crippen MR) is 76.1 cm³/mol. The molecule has 0 amide bonds. The van der Waals surface area contributed by atoms with Crippen molar-refractivity contribution in [1.29, 1.82) is 0 Å². The second kappa shape index (κ2) is 4.23. The Morgan fingerprint density at radius 1 is 0.647 bits per heavy atom. The van der Waals surface area contributed by atoms with Crippen molar-refractivity contribution >= 4 is 18.9 Å². The molecule has 0 aliphatic rings. The molecular weight excluding hydrogens is 315 g/mol. The molecule has 0 unspecified atom stereocenters. The first kappa shape index (κ1) is 12.8. The monoisotopic (exact) mass is 338 g/mol. The van der Waals surface area contributed by atoms with Gasteiger partial charge in [-0.05, 0) is 0 Å². The van der Waals surface area contributed by atoms with E-state index < -0.39 is 18.9 Å². The molecule has 2 heterocycles. The number of aryl methyl sites for hydroxylation is 4. The van der Waals surface area contributed by atoms with Crippen molar-refractivity contribution in [1.82, 2.24) is 5.58 Å². The molecule has 92 valence electrons. The van der Waals surface area contributed by atoms with Gasteiger partial charge in [-0.1, -0.05) is 0 Å². The molecule has 2 aromatic heterocycles. The van der Waals surface area contributed by atoms with Crippen LogP contribution < -0.4 is 0 Å². The number of hydrogen-bond acceptors (Lipinski definition) is 0. The molecule has 0 aliphatic heterocycles. The fraction of sp³-hybridized carbons (Fsp3) is 0.429. The van der Waals surface area contributed by atoms with Crippen LogP contribution in [0.3, 0.4) is 0 Å². The van der Waals surface area contributed by atoms with E-state index in [1.807, 2.05) is 0 Å². The Balaban J connectivity index is 2.65. The van der Waals surface area contributed by atoms with Crippen molar-refractivity contribution in [3.8, 4) is 0 Å². The summed E-state index contributed by atoms with van der Waals surface area (Å²) in [5.41, 5.74) is 5.60. The van der Waals surface area contributed by atoms with Crippen LogP contribution in [0.4, 0.5) is 0 Å². The van der Waals surface area contributed by atoms with E-state index in [1.54, 1.807) is 0 Å². The molecule has 0 aliphatic carbocycles. The van der Waals surface area contributed by atoms with Crippen LogP contribution in [-0.2, 0) is 0 Å². The summed E-state index contributed by atoms with van der Waals surface area (Å²) < 4.78 is 5.21. The summed E-state index contributed by atoms with van der Waals surface area (Å²) in [6.45, 7) is 8.89. The van der Waals surface area contributed by atoms with Gasteiger partial charge in [-0.2, -0.15) is 0 Å². The maximum absolute atomic E-state index is 2.61. The molecule has 0 N–H and O–H groups in total. The number of hydrogen-bond donors (Lipinski definition) is 0. The Morgan fingerprint density at radius 3 is 1.12 bits per heavy atom. The van der Waals surface area contributed by atoms with Crippen LogP contribution >= 0.6 is 0 Å². The minimum absolute atomic E-state index is 1.40. The molecule has 0 radical (unpaired) electrons. The first-order valence-corrected chi connectivity index (χ1v) is 14.4. The molecule has 0 aromatic carbocycles. The second-order valence-corrected chi connectivity index (χ2v) is 16.5. The zero-order valence-electron chi connectivity index (χ0n) is 11.7. The molecule has 2 aromatic rings. The summed E-state index contributed by atoms with van der Waals surface area (Å²) in [4.78, 5) is 4.96. The van der Waals surface area contributed by atoms with Gasteiger partial charge in [0, 0.05) is 0 Å². The van der Waals surface area contributed by atoms with E-state index in [2.05, 4.69) is 67.4 Å². The Kier molecular flexibility index (Phi) is 3.19. The Morgan fingerprint density at radius 2 is 0.882 bits per heavy atom. The molecule has 17 heavy (non-hydrogen) atoms. The van der Waals surface area contributed by atoms with Gasteiger partial charge in [0.2, 0.25) is 0 Å². The summed E-state index contributed by atoms with van der Waals surface area (Å²) in [5, 5.41) is 0. The maximum atomic E-state index is 2.61. The average molecular weight is 337 g/mol. The Labute approximate surface area is 109 Å². The molecule has 0 saturated carbocycles. The molecular formula is C14H22N2Sn. The van der Waals surface area contributed by atoms with Gasteiger partial charge in [0.15, 0.2) is 0 Å². The van der Waals surface area contributed by atoms with E-state index in [9.17, 15) is 0 Å². The molecule has 0 spiro atoms. The number of rotatable bonds is 2. The third kappa shape index (κ3) is 1.96. The summed E-state index contributed by atoms with van der Waals surface area (Å²) in [7, 11) is 0. The molecule has 3 heteroatoms. The van der Waals surface area contributed by atoms with Crippen molar-refractivity contribution in [3.63, 3.8) is 0 Å². The quantitative estimate of drug-likeness (QED) is 0.741. The van der Waals surface area contributed by atoms with Crippen LogP contribution in [0.2, 0.25) is 9.88 Å². The van der Waals surface area contributed by atoms with E-state index in [1.165, 1.54) is 22.8 Å².